The van der Waals surface area contributed by atoms with E-state index in [1.165, 1.54) is 41.2 Å². The lowest BCUT2D eigenvalue weighted by Gasteiger charge is -2.19. The highest BCUT2D eigenvalue weighted by Crippen LogP contribution is 2.28. The molecule has 1 aromatic carbocycles. The van der Waals surface area contributed by atoms with E-state index in [0.717, 1.165) is 0 Å². The highest BCUT2D eigenvalue weighted by molar-refractivity contribution is 5.11. The SMILES string of the molecule is Cc1ccc([I+]/C=C(/F)CC2CCCCC2)cc1. The van der Waals surface area contributed by atoms with Gasteiger partial charge < -0.3 is 0 Å². The van der Waals surface area contributed by atoms with Gasteiger partial charge in [0.1, 0.15) is 5.83 Å². The number of hydrogen-bond donors (Lipinski definition) is 0. The zero-order chi connectivity index (χ0) is 12.8. The molecule has 0 atom stereocenters. The fourth-order valence-electron chi connectivity index (χ4n) is 2.44. The van der Waals surface area contributed by atoms with Gasteiger partial charge in [-0.3, -0.25) is 0 Å². The monoisotopic (exact) mass is 359 g/mol. The predicted octanol–water partition coefficient (Wildman–Crippen LogP) is 2.03. The van der Waals surface area contributed by atoms with E-state index in [0.29, 0.717) is 12.3 Å². The molecule has 2 rings (SSSR count). The van der Waals surface area contributed by atoms with Gasteiger partial charge in [-0.05, 0) is 25.0 Å². The van der Waals surface area contributed by atoms with E-state index >= 15 is 0 Å². The number of benzene rings is 1. The van der Waals surface area contributed by atoms with Crippen LogP contribution in [0.4, 0.5) is 4.39 Å². The summed E-state index contributed by atoms with van der Waals surface area (Å²) in [7, 11) is 0. The van der Waals surface area contributed by atoms with Crippen LogP contribution < -0.4 is 21.2 Å². The minimum absolute atomic E-state index is 0.135. The molecule has 0 saturated heterocycles. The Kier molecular flexibility index (Phi) is 5.67. The topological polar surface area (TPSA) is 0 Å². The van der Waals surface area contributed by atoms with Gasteiger partial charge in [0.2, 0.25) is 0 Å². The quantitative estimate of drug-likeness (QED) is 0.722. The maximum absolute atomic E-state index is 13.8. The van der Waals surface area contributed by atoms with Gasteiger partial charge in [-0.1, -0.05) is 49.8 Å². The maximum atomic E-state index is 13.8. The Morgan fingerprint density at radius 2 is 1.89 bits per heavy atom. The molecule has 0 N–H and O–H groups in total. The summed E-state index contributed by atoms with van der Waals surface area (Å²) in [6.45, 7) is 2.08. The van der Waals surface area contributed by atoms with Gasteiger partial charge in [0.05, 0.1) is 0 Å². The standard InChI is InChI=1S/C16H21FI/c1-13-7-9-16(10-8-13)18-12-15(17)11-14-5-3-2-4-6-14/h7-10,12,14H,2-6,11H2,1H3/q+1/b15-12+. The molecule has 0 radical (unpaired) electrons. The third-order valence-electron chi connectivity index (χ3n) is 3.52. The summed E-state index contributed by atoms with van der Waals surface area (Å²) < 4.78 is 17.0. The van der Waals surface area contributed by atoms with Crippen LogP contribution in [0.15, 0.2) is 34.2 Å². The van der Waals surface area contributed by atoms with Crippen molar-refractivity contribution >= 4 is 0 Å². The van der Waals surface area contributed by atoms with Crippen molar-refractivity contribution in [3.8, 4) is 0 Å². The molecule has 18 heavy (non-hydrogen) atoms. The van der Waals surface area contributed by atoms with E-state index in [4.69, 9.17) is 0 Å². The average Bonchev–Trinajstić information content (AvgIpc) is 2.39. The molecule has 0 nitrogen and oxygen atoms in total. The van der Waals surface area contributed by atoms with Crippen molar-refractivity contribution in [3.63, 3.8) is 0 Å². The van der Waals surface area contributed by atoms with Crippen LogP contribution in [0.1, 0.15) is 44.1 Å². The highest BCUT2D eigenvalue weighted by Gasteiger charge is 2.17. The van der Waals surface area contributed by atoms with Gasteiger partial charge in [0.25, 0.3) is 0 Å². The van der Waals surface area contributed by atoms with Crippen LogP contribution in [-0.4, -0.2) is 0 Å². The lowest BCUT2D eigenvalue weighted by atomic mass is 9.87. The maximum Gasteiger partial charge on any atom is 0.352 e. The molecule has 1 aromatic rings. The summed E-state index contributed by atoms with van der Waals surface area (Å²) in [4.78, 5) is 0. The Morgan fingerprint density at radius 1 is 1.22 bits per heavy atom. The zero-order valence-corrected chi connectivity index (χ0v) is 13.1. The molecule has 0 aliphatic heterocycles. The first-order valence-corrected chi connectivity index (χ1v) is 9.11. The minimum Gasteiger partial charge on any atom is -0.208 e. The molecule has 98 valence electrons. The van der Waals surface area contributed by atoms with E-state index in [9.17, 15) is 4.39 Å². The first-order chi connectivity index (χ1) is 8.74. The number of allylic oxidation sites excluding steroid dienone is 1. The second-order valence-electron chi connectivity index (χ2n) is 5.17. The second-order valence-corrected chi connectivity index (χ2v) is 7.66. The van der Waals surface area contributed by atoms with Crippen LogP contribution >= 0.6 is 0 Å². The molecule has 0 unspecified atom stereocenters. The zero-order valence-electron chi connectivity index (χ0n) is 11.0. The highest BCUT2D eigenvalue weighted by atomic mass is 127. The van der Waals surface area contributed by atoms with Crippen molar-refractivity contribution in [1.82, 2.24) is 0 Å². The normalized spacial score (nSPS) is 18.0. The number of rotatable bonds is 4. The van der Waals surface area contributed by atoms with E-state index in [1.807, 2.05) is 4.08 Å². The van der Waals surface area contributed by atoms with Crippen molar-refractivity contribution in [2.24, 2.45) is 5.92 Å². The summed E-state index contributed by atoms with van der Waals surface area (Å²) >= 11 is -0.292. The van der Waals surface area contributed by atoms with Crippen LogP contribution in [0.25, 0.3) is 0 Å². The Morgan fingerprint density at radius 3 is 2.56 bits per heavy atom. The van der Waals surface area contributed by atoms with E-state index in [1.54, 1.807) is 0 Å². The van der Waals surface area contributed by atoms with Crippen LogP contribution in [-0.2, 0) is 0 Å². The molecule has 0 aromatic heterocycles. The summed E-state index contributed by atoms with van der Waals surface area (Å²) in [5, 5.41) is 0. The lowest BCUT2D eigenvalue weighted by molar-refractivity contribution is -0.558. The molecule has 0 bridgehead atoms. The minimum atomic E-state index is -0.292. The molecule has 1 fully saturated rings. The van der Waals surface area contributed by atoms with Crippen molar-refractivity contribution in [1.29, 1.82) is 0 Å². The van der Waals surface area contributed by atoms with Crippen LogP contribution in [0.2, 0.25) is 0 Å². The number of hydrogen-bond acceptors (Lipinski definition) is 0. The van der Waals surface area contributed by atoms with Crippen LogP contribution in [0.3, 0.4) is 0 Å². The Labute approximate surface area is 120 Å². The lowest BCUT2D eigenvalue weighted by Crippen LogP contribution is -3.59. The smallest absolute Gasteiger partial charge is 0.208 e. The van der Waals surface area contributed by atoms with Crippen LogP contribution in [0.5, 0.6) is 0 Å². The predicted molar refractivity (Wildman–Crippen MR) is 70.3 cm³/mol. The van der Waals surface area contributed by atoms with Gasteiger partial charge in [0.15, 0.2) is 7.65 Å². The molecule has 1 aliphatic carbocycles. The number of halogens is 2. The molecule has 0 spiro atoms. The summed E-state index contributed by atoms with van der Waals surface area (Å²) in [6.07, 6.45) is 7.08. The van der Waals surface area contributed by atoms with Crippen LogP contribution in [0, 0.1) is 16.4 Å². The summed E-state index contributed by atoms with van der Waals surface area (Å²) in [5.41, 5.74) is 1.27. The van der Waals surface area contributed by atoms with E-state index in [2.05, 4.69) is 31.2 Å². The third kappa shape index (κ3) is 4.71. The van der Waals surface area contributed by atoms with Gasteiger partial charge in [0, 0.05) is 6.42 Å². The van der Waals surface area contributed by atoms with Crippen molar-refractivity contribution in [2.75, 3.05) is 0 Å². The molecule has 1 saturated carbocycles. The largest absolute Gasteiger partial charge is 0.352 e. The van der Waals surface area contributed by atoms with E-state index in [-0.39, 0.29) is 27.0 Å². The fraction of sp³-hybridized carbons (Fsp3) is 0.500. The van der Waals surface area contributed by atoms with Crippen molar-refractivity contribution in [2.45, 2.75) is 45.4 Å². The van der Waals surface area contributed by atoms with Gasteiger partial charge in [-0.25, -0.2) is 4.39 Å². The molecule has 1 aliphatic rings. The Bertz CT molecular complexity index is 388. The molecular weight excluding hydrogens is 338 g/mol. The third-order valence-corrected chi connectivity index (χ3v) is 5.94. The van der Waals surface area contributed by atoms with Crippen molar-refractivity contribution < 1.29 is 25.6 Å². The molecule has 0 heterocycles. The first kappa shape index (κ1) is 14.0. The van der Waals surface area contributed by atoms with Gasteiger partial charge in [-0.2, -0.15) is 0 Å². The Balaban J connectivity index is 1.82. The Hall–Kier alpha value is -0.380. The average molecular weight is 359 g/mol. The molecule has 2 heteroatoms. The van der Waals surface area contributed by atoms with E-state index < -0.39 is 0 Å². The number of aryl methyl sites for hydroxylation is 1. The summed E-state index contributed by atoms with van der Waals surface area (Å²) in [6, 6.07) is 8.49. The van der Waals surface area contributed by atoms with Gasteiger partial charge in [-0.15, -0.1) is 0 Å². The first-order valence-electron chi connectivity index (χ1n) is 6.78. The fourth-order valence-corrected chi connectivity index (χ4v) is 4.17. The second kappa shape index (κ2) is 7.27. The summed E-state index contributed by atoms with van der Waals surface area (Å²) in [5.74, 6) is 0.743. The molecular formula is C16H21FI+. The molecule has 0 amide bonds. The van der Waals surface area contributed by atoms with Crippen molar-refractivity contribution in [3.05, 3.63) is 43.3 Å². The van der Waals surface area contributed by atoms with Gasteiger partial charge >= 0.3 is 21.2 Å².